The van der Waals surface area contributed by atoms with E-state index in [0.29, 0.717) is 71.2 Å². The molecule has 3 rings (SSSR count). The van der Waals surface area contributed by atoms with E-state index in [1.165, 1.54) is 0 Å². The summed E-state index contributed by atoms with van der Waals surface area (Å²) in [7, 11) is 3.75. The maximum atomic E-state index is 13.7. The number of hydrogen-bond acceptors (Lipinski definition) is 7. The summed E-state index contributed by atoms with van der Waals surface area (Å²) in [4.78, 5) is 27.3. The smallest absolute Gasteiger partial charge is 0.198 e. The molecule has 2 aromatic carbocycles. The van der Waals surface area contributed by atoms with Crippen molar-refractivity contribution in [2.75, 3.05) is 61.5 Å². The number of carbonyl (C=O) groups is 2. The first kappa shape index (κ1) is 24.2. The third-order valence-corrected chi connectivity index (χ3v) is 4.79. The Kier molecular flexibility index (Phi) is 8.88. The lowest BCUT2D eigenvalue weighted by atomic mass is 9.80. The molecule has 5 N–H and O–H groups in total. The second-order valence-electron chi connectivity index (χ2n) is 7.10. The van der Waals surface area contributed by atoms with E-state index in [0.717, 1.165) is 0 Å². The number of fused-ring (bicyclic) bond motifs is 2. The molecule has 2 aromatic rings. The number of ketones is 2. The quantitative estimate of drug-likeness (QED) is 0.372. The van der Waals surface area contributed by atoms with Crippen LogP contribution in [-0.4, -0.2) is 51.8 Å². The van der Waals surface area contributed by atoms with E-state index in [1.54, 1.807) is 0 Å². The fourth-order valence-electron chi connectivity index (χ4n) is 3.75. The van der Waals surface area contributed by atoms with Crippen LogP contribution in [0.3, 0.4) is 0 Å². The van der Waals surface area contributed by atoms with Crippen molar-refractivity contribution < 1.29 is 9.59 Å². The highest BCUT2D eigenvalue weighted by molar-refractivity contribution is 6.35. The molecule has 0 bridgehead atoms. The van der Waals surface area contributed by atoms with E-state index < -0.39 is 0 Å². The molecule has 0 saturated heterocycles. The van der Waals surface area contributed by atoms with E-state index in [-0.39, 0.29) is 11.6 Å². The monoisotopic (exact) mass is 425 g/mol. The first-order valence-electron chi connectivity index (χ1n) is 11.0. The third kappa shape index (κ3) is 4.82. The van der Waals surface area contributed by atoms with Crippen molar-refractivity contribution in [1.82, 2.24) is 5.32 Å². The van der Waals surface area contributed by atoms with E-state index in [1.807, 2.05) is 66.1 Å². The van der Waals surface area contributed by atoms with Crippen LogP contribution in [-0.2, 0) is 0 Å². The zero-order chi connectivity index (χ0) is 23.0. The number of anilines is 4. The summed E-state index contributed by atoms with van der Waals surface area (Å²) < 4.78 is 0. The summed E-state index contributed by atoms with van der Waals surface area (Å²) in [6.07, 6.45) is 0. The molecule has 0 fully saturated rings. The van der Waals surface area contributed by atoms with Crippen LogP contribution in [0.5, 0.6) is 0 Å². The minimum absolute atomic E-state index is 0.129. The van der Waals surface area contributed by atoms with Crippen molar-refractivity contribution in [3.05, 3.63) is 46.5 Å². The van der Waals surface area contributed by atoms with Gasteiger partial charge >= 0.3 is 0 Å². The zero-order valence-electron chi connectivity index (χ0n) is 19.5. The van der Waals surface area contributed by atoms with Crippen LogP contribution in [0.4, 0.5) is 22.7 Å². The lowest BCUT2D eigenvalue weighted by Crippen LogP contribution is -2.27. The highest BCUT2D eigenvalue weighted by Crippen LogP contribution is 2.41. The van der Waals surface area contributed by atoms with Gasteiger partial charge in [0.15, 0.2) is 11.6 Å². The first-order chi connectivity index (χ1) is 15.0. The minimum atomic E-state index is -0.129. The van der Waals surface area contributed by atoms with Gasteiger partial charge in [-0.3, -0.25) is 9.59 Å². The van der Waals surface area contributed by atoms with E-state index >= 15 is 0 Å². The second-order valence-corrected chi connectivity index (χ2v) is 7.10. The maximum Gasteiger partial charge on any atom is 0.198 e. The largest absolute Gasteiger partial charge is 0.385 e. The topological polar surface area (TPSA) is 94.3 Å². The Hall–Kier alpha value is -3.06. The van der Waals surface area contributed by atoms with Gasteiger partial charge in [0.25, 0.3) is 0 Å². The molecule has 0 radical (unpaired) electrons. The predicted molar refractivity (Wildman–Crippen MR) is 131 cm³/mol. The van der Waals surface area contributed by atoms with Crippen molar-refractivity contribution in [3.8, 4) is 0 Å². The van der Waals surface area contributed by atoms with Crippen LogP contribution in [0.25, 0.3) is 0 Å². The van der Waals surface area contributed by atoms with Crippen molar-refractivity contribution in [3.63, 3.8) is 0 Å². The van der Waals surface area contributed by atoms with Gasteiger partial charge in [0, 0.05) is 48.9 Å². The van der Waals surface area contributed by atoms with Crippen LogP contribution >= 0.6 is 0 Å². The van der Waals surface area contributed by atoms with Crippen LogP contribution in [0.1, 0.15) is 59.5 Å². The highest BCUT2D eigenvalue weighted by atomic mass is 16.1. The van der Waals surface area contributed by atoms with Gasteiger partial charge in [0.1, 0.15) is 0 Å². The number of nitrogens with one attached hydrogen (secondary N) is 5. The molecule has 7 nitrogen and oxygen atoms in total. The fourth-order valence-corrected chi connectivity index (χ4v) is 3.75. The Morgan fingerprint density at radius 1 is 0.516 bits per heavy atom. The van der Waals surface area contributed by atoms with Gasteiger partial charge in [-0.2, -0.15) is 0 Å². The average Bonchev–Trinajstić information content (AvgIpc) is 2.75. The molecule has 0 amide bonds. The molecule has 1 aliphatic carbocycles. The summed E-state index contributed by atoms with van der Waals surface area (Å²) in [5, 5.41) is 15.7. The maximum absolute atomic E-state index is 13.7. The lowest BCUT2D eigenvalue weighted by Gasteiger charge is -2.27. The van der Waals surface area contributed by atoms with Gasteiger partial charge in [-0.15, -0.1) is 0 Å². The summed E-state index contributed by atoms with van der Waals surface area (Å²) in [5.74, 6) is -0.257. The Labute approximate surface area is 185 Å². The van der Waals surface area contributed by atoms with Gasteiger partial charge in [0.05, 0.1) is 22.3 Å². The van der Waals surface area contributed by atoms with Gasteiger partial charge in [-0.1, -0.05) is 0 Å². The Morgan fingerprint density at radius 2 is 0.710 bits per heavy atom. The molecular weight excluding hydrogens is 390 g/mol. The van der Waals surface area contributed by atoms with E-state index in [9.17, 15) is 9.59 Å². The molecule has 0 spiro atoms. The highest BCUT2D eigenvalue weighted by Gasteiger charge is 2.37. The summed E-state index contributed by atoms with van der Waals surface area (Å²) in [6.45, 7) is 10.6. The van der Waals surface area contributed by atoms with E-state index in [2.05, 4.69) is 26.6 Å². The van der Waals surface area contributed by atoms with Crippen molar-refractivity contribution >= 4 is 34.3 Å². The van der Waals surface area contributed by atoms with Crippen LogP contribution in [0.2, 0.25) is 0 Å². The van der Waals surface area contributed by atoms with Crippen LogP contribution in [0, 0.1) is 0 Å². The number of carbonyl (C=O) groups excluding carboxylic acids is 2. The zero-order valence-corrected chi connectivity index (χ0v) is 19.5. The molecule has 0 aromatic heterocycles. The number of hydrogen-bond donors (Lipinski definition) is 5. The molecule has 0 aliphatic heterocycles. The summed E-state index contributed by atoms with van der Waals surface area (Å²) >= 11 is 0. The third-order valence-electron chi connectivity index (χ3n) is 4.79. The van der Waals surface area contributed by atoms with Crippen LogP contribution in [0.15, 0.2) is 24.3 Å². The molecule has 0 heterocycles. The molecule has 31 heavy (non-hydrogen) atoms. The molecule has 168 valence electrons. The lowest BCUT2D eigenvalue weighted by molar-refractivity contribution is 0.0981. The Morgan fingerprint density at radius 3 is 0.871 bits per heavy atom. The average molecular weight is 426 g/mol. The number of benzene rings is 2. The SMILES string of the molecule is CCNc1ccc(NCC)c2c1C(=O)c1c(NCC)ccc(NCC)c1C2=O.CNC. The molecule has 0 unspecified atom stereocenters. The van der Waals surface area contributed by atoms with Gasteiger partial charge < -0.3 is 26.6 Å². The Bertz CT molecular complexity index is 795. The normalized spacial score (nSPS) is 11.7. The summed E-state index contributed by atoms with van der Waals surface area (Å²) in [6, 6.07) is 7.49. The van der Waals surface area contributed by atoms with Crippen molar-refractivity contribution in [2.45, 2.75) is 27.7 Å². The number of rotatable bonds is 8. The molecule has 7 heteroatoms. The summed E-state index contributed by atoms with van der Waals surface area (Å²) in [5.41, 5.74) is 4.57. The van der Waals surface area contributed by atoms with Crippen molar-refractivity contribution in [1.29, 1.82) is 0 Å². The Balaban J connectivity index is 0.00000107. The first-order valence-corrected chi connectivity index (χ1v) is 11.0. The second kappa shape index (κ2) is 11.4. The molecule has 0 saturated carbocycles. The van der Waals surface area contributed by atoms with Crippen LogP contribution < -0.4 is 26.6 Å². The van der Waals surface area contributed by atoms with E-state index in [4.69, 9.17) is 0 Å². The standard InChI is InChI=1S/C22H28N4O2.C2H7N/c1-5-23-13-9-10-14(24-6-2)18-17(13)21(27)19-15(25-7-3)11-12-16(26-8-4)20(19)22(18)28;1-3-2/h9-12,23-26H,5-8H2,1-4H3;3H,1-2H3. The molecular formula is C24H35N5O2. The fraction of sp³-hybridized carbons (Fsp3) is 0.417. The molecule has 0 atom stereocenters. The minimum Gasteiger partial charge on any atom is -0.385 e. The predicted octanol–water partition coefficient (Wildman–Crippen LogP) is 4.02. The van der Waals surface area contributed by atoms with Gasteiger partial charge in [-0.05, 0) is 66.1 Å². The molecule has 1 aliphatic rings. The van der Waals surface area contributed by atoms with Gasteiger partial charge in [-0.25, -0.2) is 0 Å². The van der Waals surface area contributed by atoms with Gasteiger partial charge in [0.2, 0.25) is 0 Å². The van der Waals surface area contributed by atoms with Crippen molar-refractivity contribution in [2.24, 2.45) is 0 Å².